The lowest BCUT2D eigenvalue weighted by Gasteiger charge is -2.30. The van der Waals surface area contributed by atoms with Gasteiger partial charge in [-0.3, -0.25) is 19.8 Å². The SMILES string of the molecule is COc1c(C(=O)Nc2cc(CN(C)S(C)(=O)=O)cs2)cc(N2CCC(=O)NC2=O)cc1C(C)(C)C. The van der Waals surface area contributed by atoms with E-state index in [-0.39, 0.29) is 31.0 Å². The lowest BCUT2D eigenvalue weighted by Crippen LogP contribution is -2.49. The van der Waals surface area contributed by atoms with E-state index < -0.39 is 27.4 Å². The van der Waals surface area contributed by atoms with Crippen LogP contribution < -0.4 is 20.3 Å². The number of thiophene rings is 1. The van der Waals surface area contributed by atoms with Crippen molar-refractivity contribution in [3.63, 3.8) is 0 Å². The van der Waals surface area contributed by atoms with Crippen LogP contribution in [-0.4, -0.2) is 57.5 Å². The Kier molecular flexibility index (Phi) is 7.58. The Morgan fingerprint density at radius 3 is 2.51 bits per heavy atom. The fourth-order valence-electron chi connectivity index (χ4n) is 3.60. The monoisotopic (exact) mass is 522 g/mol. The number of carbonyl (C=O) groups is 3. The number of hydrogen-bond donors (Lipinski definition) is 2. The molecule has 0 aliphatic carbocycles. The van der Waals surface area contributed by atoms with Crippen LogP contribution in [0.15, 0.2) is 23.6 Å². The van der Waals surface area contributed by atoms with Gasteiger partial charge in [0.15, 0.2) is 0 Å². The molecule has 1 aromatic carbocycles. The predicted molar refractivity (Wildman–Crippen MR) is 136 cm³/mol. The van der Waals surface area contributed by atoms with Crippen LogP contribution in [0.25, 0.3) is 0 Å². The Morgan fingerprint density at radius 1 is 1.26 bits per heavy atom. The van der Waals surface area contributed by atoms with E-state index in [4.69, 9.17) is 4.74 Å². The van der Waals surface area contributed by atoms with Gasteiger partial charge >= 0.3 is 6.03 Å². The maximum atomic E-state index is 13.4. The molecule has 1 aliphatic rings. The van der Waals surface area contributed by atoms with Gasteiger partial charge in [0, 0.05) is 37.8 Å². The number of rotatable bonds is 7. The summed E-state index contributed by atoms with van der Waals surface area (Å²) in [7, 11) is -0.364. The number of urea groups is 1. The third-order valence-corrected chi connectivity index (χ3v) is 7.71. The molecule has 0 bridgehead atoms. The van der Waals surface area contributed by atoms with Gasteiger partial charge in [-0.25, -0.2) is 17.5 Å². The molecule has 0 saturated carbocycles. The second-order valence-electron chi connectivity index (χ2n) is 9.37. The van der Waals surface area contributed by atoms with Gasteiger partial charge in [0.2, 0.25) is 15.9 Å². The largest absolute Gasteiger partial charge is 0.496 e. The summed E-state index contributed by atoms with van der Waals surface area (Å²) >= 11 is 1.27. The number of benzene rings is 1. The third kappa shape index (κ3) is 6.19. The lowest BCUT2D eigenvalue weighted by molar-refractivity contribution is -0.120. The van der Waals surface area contributed by atoms with Crippen molar-refractivity contribution in [1.82, 2.24) is 9.62 Å². The molecular formula is C23H30N4O6S2. The predicted octanol–water partition coefficient (Wildman–Crippen LogP) is 3.14. The summed E-state index contributed by atoms with van der Waals surface area (Å²) in [6.07, 6.45) is 1.29. The summed E-state index contributed by atoms with van der Waals surface area (Å²) < 4.78 is 30.2. The first kappa shape index (κ1) is 26.6. The Labute approximate surface area is 209 Å². The summed E-state index contributed by atoms with van der Waals surface area (Å²) in [6.45, 7) is 6.30. The van der Waals surface area contributed by atoms with Crippen molar-refractivity contribution in [2.75, 3.05) is 37.2 Å². The molecule has 1 aliphatic heterocycles. The molecule has 10 nitrogen and oxygen atoms in total. The average Bonchev–Trinajstić information content (AvgIpc) is 3.18. The third-order valence-electron chi connectivity index (χ3n) is 5.56. The first-order chi connectivity index (χ1) is 16.2. The van der Waals surface area contributed by atoms with Crippen molar-refractivity contribution in [2.45, 2.75) is 39.2 Å². The van der Waals surface area contributed by atoms with Gasteiger partial charge in [-0.15, -0.1) is 11.3 Å². The van der Waals surface area contributed by atoms with Gasteiger partial charge in [-0.05, 0) is 34.6 Å². The molecule has 4 amide bonds. The summed E-state index contributed by atoms with van der Waals surface area (Å²) in [6, 6.07) is 4.55. The summed E-state index contributed by atoms with van der Waals surface area (Å²) in [4.78, 5) is 38.9. The van der Waals surface area contributed by atoms with E-state index in [9.17, 15) is 22.8 Å². The van der Waals surface area contributed by atoms with Crippen LogP contribution in [0.4, 0.5) is 15.5 Å². The summed E-state index contributed by atoms with van der Waals surface area (Å²) in [5.74, 6) is -0.391. The van der Waals surface area contributed by atoms with E-state index in [0.717, 1.165) is 17.4 Å². The average molecular weight is 523 g/mol. The van der Waals surface area contributed by atoms with Crippen molar-refractivity contribution in [3.05, 3.63) is 40.3 Å². The number of hydrogen-bond acceptors (Lipinski definition) is 7. The second kappa shape index (κ2) is 9.96. The van der Waals surface area contributed by atoms with Gasteiger partial charge in [0.1, 0.15) is 5.75 Å². The molecule has 1 aromatic heterocycles. The van der Waals surface area contributed by atoms with E-state index in [0.29, 0.717) is 16.4 Å². The summed E-state index contributed by atoms with van der Waals surface area (Å²) in [5.41, 5.74) is 1.78. The number of methoxy groups -OCH3 is 1. The van der Waals surface area contributed by atoms with Gasteiger partial charge in [0.25, 0.3) is 5.91 Å². The highest BCUT2D eigenvalue weighted by Crippen LogP contribution is 2.38. The molecule has 0 atom stereocenters. The molecule has 0 radical (unpaired) electrons. The molecule has 3 rings (SSSR count). The molecule has 2 N–H and O–H groups in total. The lowest BCUT2D eigenvalue weighted by atomic mass is 9.84. The molecular weight excluding hydrogens is 492 g/mol. The van der Waals surface area contributed by atoms with Crippen LogP contribution in [0.3, 0.4) is 0 Å². The van der Waals surface area contributed by atoms with Crippen LogP contribution >= 0.6 is 11.3 Å². The van der Waals surface area contributed by atoms with E-state index in [1.807, 2.05) is 20.8 Å². The molecule has 0 spiro atoms. The fraction of sp³-hybridized carbons (Fsp3) is 0.435. The maximum Gasteiger partial charge on any atom is 0.328 e. The van der Waals surface area contributed by atoms with Crippen LogP contribution in [-0.2, 0) is 26.8 Å². The minimum atomic E-state index is -3.33. The van der Waals surface area contributed by atoms with Crippen molar-refractivity contribution in [2.24, 2.45) is 0 Å². The molecule has 1 fully saturated rings. The Bertz CT molecular complexity index is 1260. The molecule has 35 heavy (non-hydrogen) atoms. The van der Waals surface area contributed by atoms with Gasteiger partial charge in [-0.1, -0.05) is 20.8 Å². The highest BCUT2D eigenvalue weighted by molar-refractivity contribution is 7.88. The van der Waals surface area contributed by atoms with Crippen LogP contribution in [0.5, 0.6) is 5.75 Å². The van der Waals surface area contributed by atoms with Crippen molar-refractivity contribution in [3.8, 4) is 5.75 Å². The van der Waals surface area contributed by atoms with Gasteiger partial charge in [0.05, 0.1) is 23.9 Å². The maximum absolute atomic E-state index is 13.4. The van der Waals surface area contributed by atoms with Crippen LogP contribution in [0.1, 0.15) is 48.7 Å². The number of ether oxygens (including phenoxy) is 1. The van der Waals surface area contributed by atoms with E-state index in [1.165, 1.54) is 34.7 Å². The Balaban J connectivity index is 1.96. The minimum absolute atomic E-state index is 0.157. The van der Waals surface area contributed by atoms with Gasteiger partial charge in [-0.2, -0.15) is 0 Å². The molecule has 2 aromatic rings. The first-order valence-electron chi connectivity index (χ1n) is 10.8. The number of imide groups is 1. The molecule has 190 valence electrons. The van der Waals surface area contributed by atoms with Crippen LogP contribution in [0.2, 0.25) is 0 Å². The molecule has 12 heteroatoms. The highest BCUT2D eigenvalue weighted by atomic mass is 32.2. The number of nitrogens with one attached hydrogen (secondary N) is 2. The summed E-state index contributed by atoms with van der Waals surface area (Å²) in [5, 5.41) is 7.47. The number of nitrogens with zero attached hydrogens (tertiary/aromatic N) is 2. The van der Waals surface area contributed by atoms with Crippen molar-refractivity contribution < 1.29 is 27.5 Å². The Hall–Kier alpha value is -2.96. The fourth-order valence-corrected chi connectivity index (χ4v) is 4.78. The number of sulfonamides is 1. The first-order valence-corrected chi connectivity index (χ1v) is 13.6. The van der Waals surface area contributed by atoms with E-state index in [1.54, 1.807) is 23.6 Å². The quantitative estimate of drug-likeness (QED) is 0.576. The zero-order valence-corrected chi connectivity index (χ0v) is 22.2. The van der Waals surface area contributed by atoms with Crippen LogP contribution in [0, 0.1) is 0 Å². The smallest absolute Gasteiger partial charge is 0.328 e. The Morgan fingerprint density at radius 2 is 1.94 bits per heavy atom. The van der Waals surface area contributed by atoms with Gasteiger partial charge < -0.3 is 10.1 Å². The second-order valence-corrected chi connectivity index (χ2v) is 12.4. The van der Waals surface area contributed by atoms with Crippen molar-refractivity contribution in [1.29, 1.82) is 0 Å². The molecule has 2 heterocycles. The van der Waals surface area contributed by atoms with E-state index in [2.05, 4.69) is 10.6 Å². The number of anilines is 2. The molecule has 0 unspecified atom stereocenters. The zero-order chi connectivity index (χ0) is 26.1. The molecule has 1 saturated heterocycles. The minimum Gasteiger partial charge on any atom is -0.496 e. The standard InChI is InChI=1S/C23H30N4O6S2/c1-23(2,3)17-11-15(27-8-7-18(28)24-22(27)30)10-16(20(17)33-5)21(29)25-19-9-14(13-34-19)12-26(4)35(6,31)32/h9-11,13H,7-8,12H2,1-6H3,(H,25,29)(H,24,28,30). The zero-order valence-electron chi connectivity index (χ0n) is 20.6. The van der Waals surface area contributed by atoms with Crippen molar-refractivity contribution >= 4 is 49.9 Å². The highest BCUT2D eigenvalue weighted by Gasteiger charge is 2.30. The normalized spacial score (nSPS) is 14.8. The number of amides is 4. The number of carbonyl (C=O) groups excluding carboxylic acids is 3. The van der Waals surface area contributed by atoms with E-state index >= 15 is 0 Å². The topological polar surface area (TPSA) is 125 Å².